The second kappa shape index (κ2) is 7.33. The van der Waals surface area contributed by atoms with Gasteiger partial charge in [0.1, 0.15) is 0 Å². The van der Waals surface area contributed by atoms with Crippen LogP contribution in [-0.2, 0) is 4.79 Å². The summed E-state index contributed by atoms with van der Waals surface area (Å²) in [7, 11) is 2.00. The van der Waals surface area contributed by atoms with Gasteiger partial charge in [-0.05, 0) is 94.5 Å². The lowest BCUT2D eigenvalue weighted by Gasteiger charge is -2.46. The summed E-state index contributed by atoms with van der Waals surface area (Å²) in [5, 5.41) is 0. The second-order valence-corrected chi connectivity index (χ2v) is 11.7. The van der Waals surface area contributed by atoms with E-state index in [2.05, 4.69) is 72.1 Å². The van der Waals surface area contributed by atoms with Gasteiger partial charge >= 0.3 is 0 Å². The molecule has 27 heavy (non-hydrogen) atoms. The molecule has 2 heterocycles. The monoisotopic (exact) mass is 379 g/mol. The highest BCUT2D eigenvalue weighted by Gasteiger charge is 2.49. The lowest BCUT2D eigenvalue weighted by atomic mass is 9.85. The molecule has 158 valence electrons. The van der Waals surface area contributed by atoms with Crippen LogP contribution in [0.15, 0.2) is 0 Å². The van der Waals surface area contributed by atoms with Crippen molar-refractivity contribution in [2.75, 3.05) is 26.7 Å². The Morgan fingerprint density at radius 2 is 1.63 bits per heavy atom. The van der Waals surface area contributed by atoms with Crippen LogP contribution in [0, 0.1) is 5.92 Å². The molecule has 1 amide bonds. The molecule has 0 bridgehead atoms. The molecule has 0 saturated carbocycles. The smallest absolute Gasteiger partial charge is 0.227 e. The standard InChI is InChI=1S/C23H45N3O/c1-20(2,3)25-16-12-18(23(25,8)9)19(27)24(10)17-14-22(6,7)26-15-11-13-21(26,4)5/h18H,11-17H2,1-10H3. The van der Waals surface area contributed by atoms with Gasteiger partial charge in [-0.15, -0.1) is 0 Å². The first-order chi connectivity index (χ1) is 12.1. The van der Waals surface area contributed by atoms with Crippen LogP contribution in [-0.4, -0.2) is 69.4 Å². The van der Waals surface area contributed by atoms with Crippen LogP contribution >= 0.6 is 0 Å². The summed E-state index contributed by atoms with van der Waals surface area (Å²) < 4.78 is 0. The molecule has 1 unspecified atom stereocenters. The topological polar surface area (TPSA) is 26.8 Å². The van der Waals surface area contributed by atoms with Crippen LogP contribution < -0.4 is 0 Å². The molecule has 0 aromatic rings. The Balaban J connectivity index is 2.00. The molecule has 0 radical (unpaired) electrons. The Morgan fingerprint density at radius 3 is 2.07 bits per heavy atom. The lowest BCUT2D eigenvalue weighted by Crippen LogP contribution is -2.55. The van der Waals surface area contributed by atoms with Crippen LogP contribution in [0.3, 0.4) is 0 Å². The highest BCUT2D eigenvalue weighted by atomic mass is 16.2. The van der Waals surface area contributed by atoms with Crippen molar-refractivity contribution >= 4 is 5.91 Å². The molecule has 2 aliphatic heterocycles. The Morgan fingerprint density at radius 1 is 1.04 bits per heavy atom. The summed E-state index contributed by atoms with van der Waals surface area (Å²) >= 11 is 0. The van der Waals surface area contributed by atoms with E-state index in [4.69, 9.17) is 0 Å². The minimum absolute atomic E-state index is 0.0872. The van der Waals surface area contributed by atoms with E-state index in [-0.39, 0.29) is 28.1 Å². The highest BCUT2D eigenvalue weighted by Crippen LogP contribution is 2.40. The van der Waals surface area contributed by atoms with Gasteiger partial charge in [0.25, 0.3) is 0 Å². The van der Waals surface area contributed by atoms with E-state index >= 15 is 0 Å². The normalized spacial score (nSPS) is 26.5. The van der Waals surface area contributed by atoms with E-state index in [1.54, 1.807) is 0 Å². The average Bonchev–Trinajstić information content (AvgIpc) is 3.02. The number of carbonyl (C=O) groups is 1. The summed E-state index contributed by atoms with van der Waals surface area (Å²) in [5.41, 5.74) is 0.403. The predicted molar refractivity (Wildman–Crippen MR) is 115 cm³/mol. The molecule has 0 aromatic heterocycles. The van der Waals surface area contributed by atoms with Crippen LogP contribution in [0.4, 0.5) is 0 Å². The highest BCUT2D eigenvalue weighted by molar-refractivity contribution is 5.80. The van der Waals surface area contributed by atoms with E-state index < -0.39 is 0 Å². The van der Waals surface area contributed by atoms with Crippen molar-refractivity contribution in [1.29, 1.82) is 0 Å². The molecule has 1 atom stereocenters. The fourth-order valence-electron chi connectivity index (χ4n) is 5.90. The van der Waals surface area contributed by atoms with Crippen molar-refractivity contribution in [1.82, 2.24) is 14.7 Å². The summed E-state index contributed by atoms with van der Waals surface area (Å²) in [6.45, 7) is 23.7. The average molecular weight is 380 g/mol. The molecule has 0 aromatic carbocycles. The quantitative estimate of drug-likeness (QED) is 0.709. The summed E-state index contributed by atoms with van der Waals surface area (Å²) in [6.07, 6.45) is 4.54. The maximum atomic E-state index is 13.3. The fraction of sp³-hybridized carbons (Fsp3) is 0.957. The third-order valence-electron chi connectivity index (χ3n) is 7.36. The van der Waals surface area contributed by atoms with E-state index in [0.717, 1.165) is 25.9 Å². The van der Waals surface area contributed by atoms with Gasteiger partial charge in [0.2, 0.25) is 5.91 Å². The van der Waals surface area contributed by atoms with Crippen LogP contribution in [0.5, 0.6) is 0 Å². The van der Waals surface area contributed by atoms with Crippen LogP contribution in [0.1, 0.15) is 88.0 Å². The molecular formula is C23H45N3O. The van der Waals surface area contributed by atoms with Crippen molar-refractivity contribution in [3.05, 3.63) is 0 Å². The van der Waals surface area contributed by atoms with Crippen molar-refractivity contribution in [2.45, 2.75) is 110 Å². The number of amides is 1. The van der Waals surface area contributed by atoms with E-state index in [1.807, 2.05) is 11.9 Å². The van der Waals surface area contributed by atoms with Crippen molar-refractivity contribution < 1.29 is 4.79 Å². The number of hydrogen-bond acceptors (Lipinski definition) is 3. The maximum Gasteiger partial charge on any atom is 0.227 e. The molecule has 2 rings (SSSR count). The summed E-state index contributed by atoms with van der Waals surface area (Å²) in [6, 6.07) is 0. The maximum absolute atomic E-state index is 13.3. The molecule has 2 aliphatic rings. The zero-order chi connectivity index (χ0) is 20.8. The van der Waals surface area contributed by atoms with Gasteiger partial charge in [-0.25, -0.2) is 0 Å². The lowest BCUT2D eigenvalue weighted by molar-refractivity contribution is -0.137. The first-order valence-corrected chi connectivity index (χ1v) is 10.9. The molecular weight excluding hydrogens is 334 g/mol. The van der Waals surface area contributed by atoms with Gasteiger partial charge < -0.3 is 4.90 Å². The first-order valence-electron chi connectivity index (χ1n) is 10.9. The molecule has 4 heteroatoms. The van der Waals surface area contributed by atoms with E-state index in [1.165, 1.54) is 19.4 Å². The minimum Gasteiger partial charge on any atom is -0.345 e. The molecule has 0 N–H and O–H groups in total. The number of likely N-dealkylation sites (tertiary alicyclic amines) is 2. The molecule has 0 aliphatic carbocycles. The molecule has 0 spiro atoms. The summed E-state index contributed by atoms with van der Waals surface area (Å²) in [5.74, 6) is 0.413. The molecule has 4 nitrogen and oxygen atoms in total. The Kier molecular flexibility index (Phi) is 6.16. The number of nitrogens with zero attached hydrogens (tertiary/aromatic N) is 3. The minimum atomic E-state index is -0.0872. The van der Waals surface area contributed by atoms with Crippen molar-refractivity contribution in [2.24, 2.45) is 5.92 Å². The largest absolute Gasteiger partial charge is 0.345 e. The Labute approximate surface area is 168 Å². The first kappa shape index (κ1) is 22.7. The molecule has 2 saturated heterocycles. The number of rotatable bonds is 5. The second-order valence-electron chi connectivity index (χ2n) is 11.7. The Hall–Kier alpha value is -0.610. The SMILES string of the molecule is CN(CCC(C)(C)N1CCCC1(C)C)C(=O)C1CCN(C(C)(C)C)C1(C)C. The Bertz CT molecular complexity index is 544. The van der Waals surface area contributed by atoms with Gasteiger partial charge in [-0.3, -0.25) is 14.6 Å². The zero-order valence-corrected chi connectivity index (χ0v) is 19.8. The zero-order valence-electron chi connectivity index (χ0n) is 19.8. The number of carbonyl (C=O) groups excluding carboxylic acids is 1. The van der Waals surface area contributed by atoms with Gasteiger partial charge in [0, 0.05) is 42.3 Å². The third kappa shape index (κ3) is 4.53. The molecule has 2 fully saturated rings. The van der Waals surface area contributed by atoms with Gasteiger partial charge in [0.15, 0.2) is 0 Å². The fourth-order valence-corrected chi connectivity index (χ4v) is 5.90. The van der Waals surface area contributed by atoms with E-state index in [9.17, 15) is 4.79 Å². The van der Waals surface area contributed by atoms with Crippen LogP contribution in [0.25, 0.3) is 0 Å². The van der Waals surface area contributed by atoms with E-state index in [0.29, 0.717) is 5.91 Å². The number of hydrogen-bond donors (Lipinski definition) is 0. The van der Waals surface area contributed by atoms with Gasteiger partial charge in [-0.2, -0.15) is 0 Å². The third-order valence-corrected chi connectivity index (χ3v) is 7.36. The van der Waals surface area contributed by atoms with Crippen molar-refractivity contribution in [3.63, 3.8) is 0 Å². The predicted octanol–water partition coefficient (Wildman–Crippen LogP) is 4.39. The van der Waals surface area contributed by atoms with Gasteiger partial charge in [-0.1, -0.05) is 0 Å². The van der Waals surface area contributed by atoms with Crippen LogP contribution in [0.2, 0.25) is 0 Å². The van der Waals surface area contributed by atoms with Crippen molar-refractivity contribution in [3.8, 4) is 0 Å². The van der Waals surface area contributed by atoms with Gasteiger partial charge in [0.05, 0.1) is 5.92 Å². The summed E-state index contributed by atoms with van der Waals surface area (Å²) in [4.78, 5) is 20.4.